The summed E-state index contributed by atoms with van der Waals surface area (Å²) in [6.45, 7) is 8.10. The van der Waals surface area contributed by atoms with Crippen LogP contribution in [0.3, 0.4) is 0 Å². The standard InChI is InChI=1S/C16H27N3O3/c1-13(2)19-6-4-5-15(19)16(21)17(3)11-14(20)12-18-7-9-22-10-8-18/h4-6,13-14,20H,7-12H2,1-3H3. The SMILES string of the molecule is CC(C)n1cccc1C(=O)N(C)CC(O)CN1CCOCC1. The molecule has 0 aromatic carbocycles. The molecule has 1 atom stereocenters. The second-order valence-corrected chi connectivity index (χ2v) is 6.15. The van der Waals surface area contributed by atoms with Crippen molar-refractivity contribution in [3.63, 3.8) is 0 Å². The van der Waals surface area contributed by atoms with Crippen molar-refractivity contribution in [2.24, 2.45) is 0 Å². The van der Waals surface area contributed by atoms with Gasteiger partial charge in [0, 0.05) is 45.5 Å². The van der Waals surface area contributed by atoms with Crippen LogP contribution in [-0.2, 0) is 4.74 Å². The zero-order chi connectivity index (χ0) is 16.1. The minimum absolute atomic E-state index is 0.0558. The Morgan fingerprint density at radius 2 is 2.09 bits per heavy atom. The minimum Gasteiger partial charge on any atom is -0.390 e. The number of morpholine rings is 1. The third kappa shape index (κ3) is 4.32. The normalized spacial score (nSPS) is 17.7. The maximum atomic E-state index is 12.5. The third-order valence-electron chi connectivity index (χ3n) is 3.96. The Balaban J connectivity index is 1.88. The number of rotatable bonds is 6. The Kier molecular flexibility index (Phi) is 5.99. The Bertz CT molecular complexity index is 481. The van der Waals surface area contributed by atoms with Gasteiger partial charge in [0.05, 0.1) is 19.3 Å². The van der Waals surface area contributed by atoms with Crippen LogP contribution in [0, 0.1) is 0 Å². The van der Waals surface area contributed by atoms with Crippen LogP contribution in [0.5, 0.6) is 0 Å². The van der Waals surface area contributed by atoms with Gasteiger partial charge in [-0.3, -0.25) is 9.69 Å². The molecule has 124 valence electrons. The molecule has 22 heavy (non-hydrogen) atoms. The van der Waals surface area contributed by atoms with E-state index in [9.17, 15) is 9.90 Å². The highest BCUT2D eigenvalue weighted by atomic mass is 16.5. The van der Waals surface area contributed by atoms with Gasteiger partial charge in [-0.25, -0.2) is 0 Å². The largest absolute Gasteiger partial charge is 0.390 e. The molecule has 1 amide bonds. The summed E-state index contributed by atoms with van der Waals surface area (Å²) >= 11 is 0. The monoisotopic (exact) mass is 309 g/mol. The molecule has 0 radical (unpaired) electrons. The molecule has 1 aliphatic rings. The lowest BCUT2D eigenvalue weighted by Crippen LogP contribution is -2.45. The Morgan fingerprint density at radius 3 is 2.73 bits per heavy atom. The van der Waals surface area contributed by atoms with Crippen molar-refractivity contribution in [1.82, 2.24) is 14.4 Å². The molecule has 1 aromatic rings. The molecule has 1 saturated heterocycles. The molecule has 0 aliphatic carbocycles. The van der Waals surface area contributed by atoms with E-state index in [0.29, 0.717) is 32.0 Å². The van der Waals surface area contributed by atoms with Crippen LogP contribution < -0.4 is 0 Å². The fraction of sp³-hybridized carbons (Fsp3) is 0.688. The number of carbonyl (C=O) groups is 1. The number of aliphatic hydroxyl groups excluding tert-OH is 1. The molecule has 6 nitrogen and oxygen atoms in total. The van der Waals surface area contributed by atoms with Crippen LogP contribution in [0.25, 0.3) is 0 Å². The smallest absolute Gasteiger partial charge is 0.270 e. The Hall–Kier alpha value is -1.37. The fourth-order valence-electron chi connectivity index (χ4n) is 2.76. The lowest BCUT2D eigenvalue weighted by molar-refractivity contribution is 0.00869. The lowest BCUT2D eigenvalue weighted by Gasteiger charge is -2.30. The van der Waals surface area contributed by atoms with E-state index in [2.05, 4.69) is 4.90 Å². The van der Waals surface area contributed by atoms with E-state index in [1.807, 2.05) is 36.7 Å². The summed E-state index contributed by atoms with van der Waals surface area (Å²) in [6.07, 6.45) is 1.37. The highest BCUT2D eigenvalue weighted by molar-refractivity contribution is 5.92. The molecule has 1 fully saturated rings. The first kappa shape index (κ1) is 17.0. The van der Waals surface area contributed by atoms with Gasteiger partial charge >= 0.3 is 0 Å². The van der Waals surface area contributed by atoms with E-state index in [1.54, 1.807) is 11.9 Å². The molecule has 2 rings (SSSR count). The van der Waals surface area contributed by atoms with Gasteiger partial charge in [0.2, 0.25) is 0 Å². The first-order valence-electron chi connectivity index (χ1n) is 7.89. The van der Waals surface area contributed by atoms with Gasteiger partial charge in [-0.1, -0.05) is 0 Å². The van der Waals surface area contributed by atoms with Gasteiger partial charge in [0.25, 0.3) is 5.91 Å². The Morgan fingerprint density at radius 1 is 1.41 bits per heavy atom. The van der Waals surface area contributed by atoms with Crippen molar-refractivity contribution >= 4 is 5.91 Å². The van der Waals surface area contributed by atoms with E-state index in [4.69, 9.17) is 4.74 Å². The number of hydrogen-bond acceptors (Lipinski definition) is 4. The minimum atomic E-state index is -0.547. The van der Waals surface area contributed by atoms with Gasteiger partial charge in [0.15, 0.2) is 0 Å². The van der Waals surface area contributed by atoms with Crippen LogP contribution in [-0.4, -0.2) is 77.9 Å². The average Bonchev–Trinajstić information content (AvgIpc) is 2.96. The predicted molar refractivity (Wildman–Crippen MR) is 85.0 cm³/mol. The number of aliphatic hydroxyl groups is 1. The summed E-state index contributed by atoms with van der Waals surface area (Å²) in [7, 11) is 1.74. The van der Waals surface area contributed by atoms with E-state index >= 15 is 0 Å². The topological polar surface area (TPSA) is 57.9 Å². The second kappa shape index (κ2) is 7.76. The van der Waals surface area contributed by atoms with Gasteiger partial charge < -0.3 is 19.3 Å². The number of ether oxygens (including phenoxy) is 1. The van der Waals surface area contributed by atoms with E-state index in [0.717, 1.165) is 13.1 Å². The second-order valence-electron chi connectivity index (χ2n) is 6.15. The summed E-state index contributed by atoms with van der Waals surface area (Å²) in [5.74, 6) is -0.0558. The van der Waals surface area contributed by atoms with Crippen molar-refractivity contribution < 1.29 is 14.6 Å². The van der Waals surface area contributed by atoms with Crippen LogP contribution in [0.1, 0.15) is 30.4 Å². The van der Waals surface area contributed by atoms with Gasteiger partial charge in [0.1, 0.15) is 5.69 Å². The number of likely N-dealkylation sites (N-methyl/N-ethyl adjacent to an activating group) is 1. The molecule has 2 heterocycles. The van der Waals surface area contributed by atoms with Crippen LogP contribution in [0.15, 0.2) is 18.3 Å². The summed E-state index contributed by atoms with van der Waals surface area (Å²) in [4.78, 5) is 16.3. The van der Waals surface area contributed by atoms with E-state index < -0.39 is 6.10 Å². The van der Waals surface area contributed by atoms with Crippen molar-refractivity contribution in [2.45, 2.75) is 26.0 Å². The number of carbonyl (C=O) groups excluding carboxylic acids is 1. The zero-order valence-corrected chi connectivity index (χ0v) is 13.7. The lowest BCUT2D eigenvalue weighted by atomic mass is 10.2. The molecule has 0 saturated carbocycles. The van der Waals surface area contributed by atoms with E-state index in [1.165, 1.54) is 0 Å². The summed E-state index contributed by atoms with van der Waals surface area (Å²) < 4.78 is 7.25. The number of hydrogen-bond donors (Lipinski definition) is 1. The first-order chi connectivity index (χ1) is 10.5. The zero-order valence-electron chi connectivity index (χ0n) is 13.7. The Labute approximate surface area is 132 Å². The van der Waals surface area contributed by atoms with Gasteiger partial charge in [-0.05, 0) is 26.0 Å². The molecular formula is C16H27N3O3. The average molecular weight is 309 g/mol. The highest BCUT2D eigenvalue weighted by Gasteiger charge is 2.21. The van der Waals surface area contributed by atoms with Crippen molar-refractivity contribution in [3.8, 4) is 0 Å². The first-order valence-corrected chi connectivity index (χ1v) is 7.89. The maximum Gasteiger partial charge on any atom is 0.270 e. The quantitative estimate of drug-likeness (QED) is 0.846. The molecule has 6 heteroatoms. The number of β-amino-alcohol motifs (C(OH)–C–C–N with tert-alkyl or cyclic N) is 1. The van der Waals surface area contributed by atoms with Gasteiger partial charge in [-0.2, -0.15) is 0 Å². The highest BCUT2D eigenvalue weighted by Crippen LogP contribution is 2.13. The molecule has 1 aliphatic heterocycles. The van der Waals surface area contributed by atoms with Crippen LogP contribution in [0.2, 0.25) is 0 Å². The summed E-state index contributed by atoms with van der Waals surface area (Å²) in [6, 6.07) is 3.94. The van der Waals surface area contributed by atoms with Crippen molar-refractivity contribution in [2.75, 3.05) is 46.4 Å². The molecule has 0 spiro atoms. The van der Waals surface area contributed by atoms with Crippen LogP contribution in [0.4, 0.5) is 0 Å². The third-order valence-corrected chi connectivity index (χ3v) is 3.96. The molecule has 1 unspecified atom stereocenters. The fourth-order valence-corrected chi connectivity index (χ4v) is 2.76. The maximum absolute atomic E-state index is 12.5. The number of aromatic nitrogens is 1. The number of nitrogens with zero attached hydrogens (tertiary/aromatic N) is 3. The molecule has 1 aromatic heterocycles. The van der Waals surface area contributed by atoms with Crippen molar-refractivity contribution in [3.05, 3.63) is 24.0 Å². The van der Waals surface area contributed by atoms with Gasteiger partial charge in [-0.15, -0.1) is 0 Å². The van der Waals surface area contributed by atoms with E-state index in [-0.39, 0.29) is 11.9 Å². The molecule has 1 N–H and O–H groups in total. The molecular weight excluding hydrogens is 282 g/mol. The van der Waals surface area contributed by atoms with Crippen LogP contribution >= 0.6 is 0 Å². The summed E-state index contributed by atoms with van der Waals surface area (Å²) in [5, 5.41) is 10.2. The summed E-state index contributed by atoms with van der Waals surface area (Å²) in [5.41, 5.74) is 0.663. The molecule has 0 bridgehead atoms. The number of amides is 1. The van der Waals surface area contributed by atoms with Crippen molar-refractivity contribution in [1.29, 1.82) is 0 Å². The predicted octanol–water partition coefficient (Wildman–Crippen LogP) is 0.834.